The third kappa shape index (κ3) is 4.33. The van der Waals surface area contributed by atoms with Crippen LogP contribution in [0.3, 0.4) is 0 Å². The maximum Gasteiger partial charge on any atom is 0.350 e. The van der Waals surface area contributed by atoms with Crippen LogP contribution in [0.4, 0.5) is 10.5 Å². The van der Waals surface area contributed by atoms with Crippen molar-refractivity contribution >= 4 is 27.6 Å². The molecule has 0 aliphatic carbocycles. The molecule has 2 amide bonds. The van der Waals surface area contributed by atoms with Gasteiger partial charge >= 0.3 is 6.03 Å². The number of hydrogen-bond acceptors (Lipinski definition) is 5. The third-order valence-electron chi connectivity index (χ3n) is 4.25. The number of ether oxygens (including phenoxy) is 1. The fraction of sp³-hybridized carbons (Fsp3) is 0.158. The summed E-state index contributed by atoms with van der Waals surface area (Å²) in [5, 5.41) is 5.41. The van der Waals surface area contributed by atoms with E-state index >= 15 is 0 Å². The van der Waals surface area contributed by atoms with Crippen molar-refractivity contribution in [2.24, 2.45) is 11.7 Å². The summed E-state index contributed by atoms with van der Waals surface area (Å²) in [7, 11) is 0. The van der Waals surface area contributed by atoms with Gasteiger partial charge < -0.3 is 4.74 Å². The van der Waals surface area contributed by atoms with E-state index in [0.717, 1.165) is 32.7 Å². The quantitative estimate of drug-likeness (QED) is 0.307. The van der Waals surface area contributed by atoms with Crippen LogP contribution >= 0.6 is 15.9 Å². The minimum atomic E-state index is -0.617. The first-order valence-corrected chi connectivity index (χ1v) is 9.43. The van der Waals surface area contributed by atoms with Crippen molar-refractivity contribution in [3.63, 3.8) is 0 Å². The molecular weight excluding hydrogens is 424 g/mol. The molecule has 1 heterocycles. The average Bonchev–Trinajstić information content (AvgIpc) is 3.20. The van der Waals surface area contributed by atoms with Gasteiger partial charge in [-0.2, -0.15) is 0 Å². The van der Waals surface area contributed by atoms with Gasteiger partial charge in [-0.25, -0.2) is 26.2 Å². The second kappa shape index (κ2) is 8.87. The number of benzene rings is 2. The maximum absolute atomic E-state index is 11.8. The second-order valence-corrected chi connectivity index (χ2v) is 6.87. The summed E-state index contributed by atoms with van der Waals surface area (Å²) < 4.78 is 8.60. The van der Waals surface area contributed by atoms with Crippen molar-refractivity contribution in [3.8, 4) is 11.6 Å². The summed E-state index contributed by atoms with van der Waals surface area (Å²) in [5.41, 5.74) is 5.29. The molecule has 0 saturated heterocycles. The van der Waals surface area contributed by atoms with E-state index in [4.69, 9.17) is 16.4 Å². The molecule has 2 aromatic carbocycles. The maximum atomic E-state index is 11.8. The highest BCUT2D eigenvalue weighted by atomic mass is 79.9. The monoisotopic (exact) mass is 444 g/mol. The molecule has 8 nitrogen and oxygen atoms in total. The number of aromatic nitrogens is 2. The number of halogens is 1. The van der Waals surface area contributed by atoms with E-state index in [-0.39, 0.29) is 6.61 Å². The molecule has 0 radical (unpaired) electrons. The lowest BCUT2D eigenvalue weighted by molar-refractivity contribution is 0.246. The smallest absolute Gasteiger partial charge is 0.350 e. The molecular formula is C19H21BrN6O2. The van der Waals surface area contributed by atoms with Crippen LogP contribution in [-0.2, 0) is 13.0 Å². The SMILES string of the molecule is CCc1cccc(N(N)C(=O)NN)c1COc1ccn(-c2ccc(Br)cc2)n1. The first-order chi connectivity index (χ1) is 13.5. The highest BCUT2D eigenvalue weighted by Crippen LogP contribution is 2.25. The number of rotatable bonds is 6. The van der Waals surface area contributed by atoms with Crippen molar-refractivity contribution < 1.29 is 9.53 Å². The van der Waals surface area contributed by atoms with E-state index in [1.165, 1.54) is 0 Å². The molecule has 0 aliphatic rings. The zero-order valence-electron chi connectivity index (χ0n) is 15.3. The Kier molecular flexibility index (Phi) is 6.30. The zero-order valence-corrected chi connectivity index (χ0v) is 16.9. The number of aryl methyl sites for hydroxylation is 1. The van der Waals surface area contributed by atoms with Gasteiger partial charge in [0.05, 0.1) is 11.4 Å². The molecule has 0 unspecified atom stereocenters. The summed E-state index contributed by atoms with van der Waals surface area (Å²) in [4.78, 5) is 11.8. The van der Waals surface area contributed by atoms with Crippen molar-refractivity contribution in [1.29, 1.82) is 0 Å². The first-order valence-electron chi connectivity index (χ1n) is 8.64. The van der Waals surface area contributed by atoms with E-state index in [9.17, 15) is 4.79 Å². The summed E-state index contributed by atoms with van der Waals surface area (Å²) in [6, 6.07) is 14.5. The Morgan fingerprint density at radius 2 is 2.00 bits per heavy atom. The van der Waals surface area contributed by atoms with Crippen molar-refractivity contribution in [3.05, 3.63) is 70.3 Å². The number of carbonyl (C=O) groups is 1. The van der Waals surface area contributed by atoms with Crippen LogP contribution < -0.4 is 26.9 Å². The topological polar surface area (TPSA) is 111 Å². The lowest BCUT2D eigenvalue weighted by Crippen LogP contribution is -2.48. The Bertz CT molecular complexity index is 957. The number of nitrogens with two attached hydrogens (primary N) is 2. The van der Waals surface area contributed by atoms with Crippen molar-refractivity contribution in [1.82, 2.24) is 15.2 Å². The number of nitrogens with one attached hydrogen (secondary N) is 1. The molecule has 146 valence electrons. The number of amides is 2. The summed E-state index contributed by atoms with van der Waals surface area (Å²) in [6.07, 6.45) is 2.58. The van der Waals surface area contributed by atoms with Gasteiger partial charge in [-0.05, 0) is 42.3 Å². The minimum Gasteiger partial charge on any atom is -0.472 e. The number of carbonyl (C=O) groups excluding carboxylic acids is 1. The lowest BCUT2D eigenvalue weighted by Gasteiger charge is -2.21. The van der Waals surface area contributed by atoms with Gasteiger partial charge in [-0.3, -0.25) is 5.43 Å². The standard InChI is InChI=1S/C19H21BrN6O2/c1-2-13-4-3-5-17(26(22)19(27)23-21)16(13)12-28-18-10-11-25(24-18)15-8-6-14(20)7-9-15/h3-11H,2,12,21-22H2,1H3,(H,23,27). The van der Waals surface area contributed by atoms with E-state index in [1.54, 1.807) is 16.8 Å². The highest BCUT2D eigenvalue weighted by molar-refractivity contribution is 9.10. The Hall–Kier alpha value is -2.88. The predicted molar refractivity (Wildman–Crippen MR) is 111 cm³/mol. The second-order valence-electron chi connectivity index (χ2n) is 5.95. The van der Waals surface area contributed by atoms with Crippen LogP contribution in [0.2, 0.25) is 0 Å². The largest absolute Gasteiger partial charge is 0.472 e. The van der Waals surface area contributed by atoms with Gasteiger partial charge in [0.1, 0.15) is 6.61 Å². The fourth-order valence-corrected chi connectivity index (χ4v) is 3.06. The minimum absolute atomic E-state index is 0.211. The third-order valence-corrected chi connectivity index (χ3v) is 4.78. The van der Waals surface area contributed by atoms with Gasteiger partial charge in [-0.15, -0.1) is 5.10 Å². The molecule has 3 aromatic rings. The molecule has 5 N–H and O–H groups in total. The van der Waals surface area contributed by atoms with E-state index in [2.05, 4.69) is 21.0 Å². The van der Waals surface area contributed by atoms with Crippen LogP contribution in [0.1, 0.15) is 18.1 Å². The Morgan fingerprint density at radius 3 is 2.68 bits per heavy atom. The molecule has 0 spiro atoms. The molecule has 1 aromatic heterocycles. The molecule has 0 atom stereocenters. The lowest BCUT2D eigenvalue weighted by atomic mass is 10.0. The number of anilines is 1. The summed E-state index contributed by atoms with van der Waals surface area (Å²) in [6.45, 7) is 2.23. The molecule has 0 bridgehead atoms. The Balaban J connectivity index is 1.81. The van der Waals surface area contributed by atoms with Gasteiger partial charge in [-0.1, -0.05) is 35.0 Å². The molecule has 3 rings (SSSR count). The molecule has 0 saturated carbocycles. The van der Waals surface area contributed by atoms with Gasteiger partial charge in [0.2, 0.25) is 5.88 Å². The highest BCUT2D eigenvalue weighted by Gasteiger charge is 2.17. The number of hydrogen-bond donors (Lipinski definition) is 3. The van der Waals surface area contributed by atoms with Crippen molar-refractivity contribution in [2.75, 3.05) is 5.01 Å². The predicted octanol–water partition coefficient (Wildman–Crippen LogP) is 3.04. The van der Waals surface area contributed by atoms with Gasteiger partial charge in [0.15, 0.2) is 0 Å². The van der Waals surface area contributed by atoms with Crippen LogP contribution in [0.5, 0.6) is 5.88 Å². The summed E-state index contributed by atoms with van der Waals surface area (Å²) in [5.74, 6) is 11.6. The van der Waals surface area contributed by atoms with Crippen LogP contribution in [0.15, 0.2) is 59.2 Å². The van der Waals surface area contributed by atoms with E-state index in [1.807, 2.05) is 54.9 Å². The zero-order chi connectivity index (χ0) is 20.1. The number of urea groups is 1. The number of hydrazine groups is 2. The van der Waals surface area contributed by atoms with Crippen LogP contribution in [0.25, 0.3) is 5.69 Å². The molecule has 0 fully saturated rings. The van der Waals surface area contributed by atoms with Crippen LogP contribution in [0, 0.1) is 0 Å². The molecule has 0 aliphatic heterocycles. The Morgan fingerprint density at radius 1 is 1.25 bits per heavy atom. The number of nitrogens with zero attached hydrogens (tertiary/aromatic N) is 3. The summed E-state index contributed by atoms with van der Waals surface area (Å²) >= 11 is 3.42. The molecule has 28 heavy (non-hydrogen) atoms. The van der Waals surface area contributed by atoms with Crippen LogP contribution in [-0.4, -0.2) is 15.8 Å². The van der Waals surface area contributed by atoms with E-state index < -0.39 is 6.03 Å². The van der Waals surface area contributed by atoms with Gasteiger partial charge in [0, 0.05) is 22.3 Å². The molecule has 9 heteroatoms. The van der Waals surface area contributed by atoms with Crippen molar-refractivity contribution in [2.45, 2.75) is 20.0 Å². The fourth-order valence-electron chi connectivity index (χ4n) is 2.79. The first kappa shape index (κ1) is 19.9. The Labute approximate surface area is 171 Å². The normalized spacial score (nSPS) is 10.6. The average molecular weight is 445 g/mol. The van der Waals surface area contributed by atoms with Gasteiger partial charge in [0.25, 0.3) is 0 Å². The van der Waals surface area contributed by atoms with E-state index in [0.29, 0.717) is 11.6 Å².